The molecule has 0 aromatic rings. The maximum Gasteiger partial charge on any atom is 0.408 e. The van der Waals surface area contributed by atoms with Crippen LogP contribution in [0.3, 0.4) is 0 Å². The molecule has 0 spiro atoms. The van der Waals surface area contributed by atoms with Crippen LogP contribution in [0.4, 0.5) is 4.79 Å². The average molecular weight is 301 g/mol. The Hall–Kier alpha value is -1.83. The number of carbonyl (C=O) groups excluding carboxylic acids is 3. The van der Waals surface area contributed by atoms with Gasteiger partial charge in [0, 0.05) is 12.5 Å². The molecule has 3 N–H and O–H groups in total. The number of hydrogen-bond donors (Lipinski definition) is 3. The molecule has 0 aromatic carbocycles. The predicted octanol–water partition coefficient (Wildman–Crippen LogP) is 0.0835. The Morgan fingerprint density at radius 2 is 2.10 bits per heavy atom. The summed E-state index contributed by atoms with van der Waals surface area (Å²) in [5, 5.41) is 5.16. The lowest BCUT2D eigenvalue weighted by Gasteiger charge is -2.24. The van der Waals surface area contributed by atoms with Crippen molar-refractivity contribution in [1.29, 1.82) is 0 Å². The molecule has 8 heteroatoms. The fourth-order valence-electron chi connectivity index (χ4n) is 2.01. The molecule has 120 valence electrons. The minimum atomic E-state index is -0.895. The van der Waals surface area contributed by atoms with E-state index in [0.717, 1.165) is 0 Å². The van der Waals surface area contributed by atoms with Gasteiger partial charge in [0.05, 0.1) is 7.11 Å². The molecule has 1 rings (SSSR count). The molecule has 0 aliphatic carbocycles. The topological polar surface area (TPSA) is 106 Å². The van der Waals surface area contributed by atoms with Gasteiger partial charge in [-0.05, 0) is 33.6 Å². The number of ether oxygens (including phenoxy) is 1. The molecule has 21 heavy (non-hydrogen) atoms. The van der Waals surface area contributed by atoms with E-state index in [0.29, 0.717) is 13.0 Å². The lowest BCUT2D eigenvalue weighted by atomic mass is 9.98. The molecule has 1 heterocycles. The van der Waals surface area contributed by atoms with Gasteiger partial charge in [0.15, 0.2) is 0 Å². The first-order valence-electron chi connectivity index (χ1n) is 6.83. The van der Waals surface area contributed by atoms with Gasteiger partial charge in [-0.3, -0.25) is 14.4 Å². The van der Waals surface area contributed by atoms with Crippen molar-refractivity contribution in [1.82, 2.24) is 16.1 Å². The van der Waals surface area contributed by atoms with E-state index < -0.39 is 23.6 Å². The van der Waals surface area contributed by atoms with E-state index in [4.69, 9.17) is 4.74 Å². The third-order valence-electron chi connectivity index (χ3n) is 2.89. The highest BCUT2D eigenvalue weighted by molar-refractivity contribution is 5.87. The van der Waals surface area contributed by atoms with Crippen LogP contribution in [0.5, 0.6) is 0 Å². The molecule has 0 bridgehead atoms. The van der Waals surface area contributed by atoms with Crippen LogP contribution in [-0.2, 0) is 19.2 Å². The first-order chi connectivity index (χ1) is 9.73. The number of rotatable bonds is 5. The van der Waals surface area contributed by atoms with Crippen LogP contribution in [0.1, 0.15) is 33.6 Å². The summed E-state index contributed by atoms with van der Waals surface area (Å²) in [6.07, 6.45) is 0.114. The lowest BCUT2D eigenvalue weighted by Crippen LogP contribution is -2.49. The predicted molar refractivity (Wildman–Crippen MR) is 74.0 cm³/mol. The summed E-state index contributed by atoms with van der Waals surface area (Å²) in [4.78, 5) is 39.8. The van der Waals surface area contributed by atoms with Crippen LogP contribution < -0.4 is 16.1 Å². The van der Waals surface area contributed by atoms with E-state index >= 15 is 0 Å². The van der Waals surface area contributed by atoms with Crippen LogP contribution in [0.2, 0.25) is 0 Å². The molecule has 1 aliphatic rings. The molecule has 1 unspecified atom stereocenters. The second-order valence-electron chi connectivity index (χ2n) is 5.88. The summed E-state index contributed by atoms with van der Waals surface area (Å²) >= 11 is 0. The number of nitrogens with one attached hydrogen (secondary N) is 3. The molecule has 1 aliphatic heterocycles. The van der Waals surface area contributed by atoms with Gasteiger partial charge in [-0.2, -0.15) is 0 Å². The fourth-order valence-corrected chi connectivity index (χ4v) is 2.01. The smallest absolute Gasteiger partial charge is 0.408 e. The molecule has 8 nitrogen and oxygen atoms in total. The third kappa shape index (κ3) is 5.99. The highest BCUT2D eigenvalue weighted by atomic mass is 16.6. The molecule has 2 atom stereocenters. The zero-order chi connectivity index (χ0) is 16.0. The summed E-state index contributed by atoms with van der Waals surface area (Å²) in [6, 6.07) is -0.895. The maximum absolute atomic E-state index is 11.9. The zero-order valence-corrected chi connectivity index (χ0v) is 12.8. The Labute approximate surface area is 123 Å². The van der Waals surface area contributed by atoms with E-state index in [2.05, 4.69) is 21.0 Å². The van der Waals surface area contributed by atoms with Crippen molar-refractivity contribution < 1.29 is 24.0 Å². The van der Waals surface area contributed by atoms with Crippen LogP contribution in [0.25, 0.3) is 0 Å². The van der Waals surface area contributed by atoms with Crippen molar-refractivity contribution in [2.75, 3.05) is 13.7 Å². The molecular weight excluding hydrogens is 278 g/mol. The number of amides is 3. The molecule has 0 saturated carbocycles. The van der Waals surface area contributed by atoms with Gasteiger partial charge >= 0.3 is 6.09 Å². The van der Waals surface area contributed by atoms with Crippen molar-refractivity contribution >= 4 is 17.9 Å². The summed E-state index contributed by atoms with van der Waals surface area (Å²) in [6.45, 7) is 5.75. The standard InChI is InChI=1S/C13H23N3O5/c1-13(2,3)21-12(19)15-9(11(18)16-20-4)7-8-5-6-14-10(8)17/h8-9H,5-7H2,1-4H3,(H,14,17)(H,15,19)(H,16,18)/t8?,9-/m0/s1. The molecule has 3 amide bonds. The van der Waals surface area contributed by atoms with Gasteiger partial charge in [0.2, 0.25) is 5.91 Å². The van der Waals surface area contributed by atoms with Crippen LogP contribution in [0, 0.1) is 5.92 Å². The van der Waals surface area contributed by atoms with E-state index in [9.17, 15) is 14.4 Å². The number of alkyl carbamates (subject to hydrolysis) is 1. The molecule has 1 saturated heterocycles. The monoisotopic (exact) mass is 301 g/mol. The minimum Gasteiger partial charge on any atom is -0.444 e. The van der Waals surface area contributed by atoms with Gasteiger partial charge in [0.1, 0.15) is 11.6 Å². The van der Waals surface area contributed by atoms with E-state index in [-0.39, 0.29) is 18.2 Å². The lowest BCUT2D eigenvalue weighted by molar-refractivity contribution is -0.134. The highest BCUT2D eigenvalue weighted by Crippen LogP contribution is 2.17. The number of hydroxylamine groups is 1. The van der Waals surface area contributed by atoms with E-state index in [1.807, 2.05) is 0 Å². The molecule has 0 radical (unpaired) electrons. The maximum atomic E-state index is 11.9. The van der Waals surface area contributed by atoms with Gasteiger partial charge in [-0.15, -0.1) is 0 Å². The Bertz CT molecular complexity index is 405. The Morgan fingerprint density at radius 3 is 2.57 bits per heavy atom. The van der Waals surface area contributed by atoms with Crippen LogP contribution >= 0.6 is 0 Å². The van der Waals surface area contributed by atoms with E-state index in [1.165, 1.54) is 7.11 Å². The van der Waals surface area contributed by atoms with Gasteiger partial charge < -0.3 is 15.4 Å². The summed E-state index contributed by atoms with van der Waals surface area (Å²) in [5.74, 6) is -0.952. The average Bonchev–Trinajstić information content (AvgIpc) is 2.72. The molecule has 1 fully saturated rings. The summed E-state index contributed by atoms with van der Waals surface area (Å²) in [7, 11) is 1.30. The van der Waals surface area contributed by atoms with E-state index in [1.54, 1.807) is 20.8 Å². The molecule has 0 aromatic heterocycles. The third-order valence-corrected chi connectivity index (χ3v) is 2.89. The van der Waals surface area contributed by atoms with Crippen molar-refractivity contribution in [3.8, 4) is 0 Å². The Kier molecular flexibility index (Phi) is 5.95. The summed E-state index contributed by atoms with van der Waals surface area (Å²) < 4.78 is 5.12. The normalized spacial score (nSPS) is 19.6. The van der Waals surface area contributed by atoms with Crippen LogP contribution in [0.15, 0.2) is 0 Å². The van der Waals surface area contributed by atoms with Crippen molar-refractivity contribution in [3.05, 3.63) is 0 Å². The van der Waals surface area contributed by atoms with Crippen molar-refractivity contribution in [3.63, 3.8) is 0 Å². The fraction of sp³-hybridized carbons (Fsp3) is 0.769. The van der Waals surface area contributed by atoms with Gasteiger partial charge in [-0.25, -0.2) is 10.3 Å². The summed E-state index contributed by atoms with van der Waals surface area (Å²) in [5.41, 5.74) is 1.49. The second-order valence-corrected chi connectivity index (χ2v) is 5.88. The number of carbonyl (C=O) groups is 3. The minimum absolute atomic E-state index is 0.115. The quantitative estimate of drug-likeness (QED) is 0.624. The molecular formula is C13H23N3O5. The number of hydrogen-bond acceptors (Lipinski definition) is 5. The van der Waals surface area contributed by atoms with Crippen LogP contribution in [-0.4, -0.2) is 43.2 Å². The zero-order valence-electron chi connectivity index (χ0n) is 12.8. The largest absolute Gasteiger partial charge is 0.444 e. The van der Waals surface area contributed by atoms with Gasteiger partial charge in [0.25, 0.3) is 5.91 Å². The Balaban J connectivity index is 2.66. The van der Waals surface area contributed by atoms with Crippen molar-refractivity contribution in [2.24, 2.45) is 5.92 Å². The van der Waals surface area contributed by atoms with Crippen molar-refractivity contribution in [2.45, 2.75) is 45.3 Å². The second kappa shape index (κ2) is 7.26. The SMILES string of the molecule is CONC(=O)[C@H](CC1CCNC1=O)NC(=O)OC(C)(C)C. The van der Waals surface area contributed by atoms with Gasteiger partial charge in [-0.1, -0.05) is 0 Å². The highest BCUT2D eigenvalue weighted by Gasteiger charge is 2.32. The first-order valence-corrected chi connectivity index (χ1v) is 6.83. The first kappa shape index (κ1) is 17.2. The Morgan fingerprint density at radius 1 is 1.43 bits per heavy atom.